The average molecular weight is 232 g/mol. The minimum atomic E-state index is 0.150. The highest BCUT2D eigenvalue weighted by atomic mass is 15.0. The second-order valence-electron chi connectivity index (χ2n) is 5.23. The summed E-state index contributed by atoms with van der Waals surface area (Å²) in [5.74, 6) is 1.15. The van der Waals surface area contributed by atoms with E-state index in [1.807, 2.05) is 0 Å². The number of nitrogens with zero attached hydrogens (tertiary/aromatic N) is 2. The highest BCUT2D eigenvalue weighted by molar-refractivity contribution is 5.68. The third-order valence-corrected chi connectivity index (χ3v) is 3.38. The van der Waals surface area contributed by atoms with Crippen LogP contribution in [-0.4, -0.2) is 11.5 Å². The Labute approximate surface area is 103 Å². The highest BCUT2D eigenvalue weighted by Crippen LogP contribution is 2.27. The van der Waals surface area contributed by atoms with Crippen LogP contribution in [0.3, 0.4) is 0 Å². The first-order chi connectivity index (χ1) is 7.88. The summed E-state index contributed by atoms with van der Waals surface area (Å²) >= 11 is 0. The van der Waals surface area contributed by atoms with E-state index in [4.69, 9.17) is 11.0 Å². The fourth-order valence-electron chi connectivity index (χ4n) is 1.23. The van der Waals surface area contributed by atoms with Crippen molar-refractivity contribution in [2.24, 2.45) is 11.3 Å². The molecule has 0 aliphatic carbocycles. The number of nitrogen functional groups attached to an aromatic ring is 1. The van der Waals surface area contributed by atoms with Gasteiger partial charge in [0.2, 0.25) is 0 Å². The van der Waals surface area contributed by atoms with Gasteiger partial charge in [-0.2, -0.15) is 5.26 Å². The number of hydrogen-bond donors (Lipinski definition) is 2. The molecule has 0 spiro atoms. The molecule has 0 saturated heterocycles. The minimum Gasteiger partial charge on any atom is -0.395 e. The Kier molecular flexibility index (Phi) is 3.95. The molecule has 0 radical (unpaired) electrons. The number of nitrogens with one attached hydrogen (secondary N) is 1. The molecule has 0 saturated carbocycles. The van der Waals surface area contributed by atoms with Crippen LogP contribution in [0.1, 0.15) is 33.3 Å². The van der Waals surface area contributed by atoms with Crippen LogP contribution >= 0.6 is 0 Å². The quantitative estimate of drug-likeness (QED) is 0.836. The lowest BCUT2D eigenvalue weighted by atomic mass is 9.81. The molecule has 0 atom stereocenters. The van der Waals surface area contributed by atoms with Gasteiger partial charge in [0.25, 0.3) is 0 Å². The Morgan fingerprint density at radius 2 is 2.18 bits per heavy atom. The number of nitriles is 1. The van der Waals surface area contributed by atoms with Gasteiger partial charge in [-0.25, -0.2) is 4.98 Å². The van der Waals surface area contributed by atoms with Crippen molar-refractivity contribution in [1.82, 2.24) is 4.98 Å². The molecule has 4 nitrogen and oxygen atoms in total. The van der Waals surface area contributed by atoms with Gasteiger partial charge in [-0.1, -0.05) is 27.7 Å². The van der Waals surface area contributed by atoms with Crippen molar-refractivity contribution < 1.29 is 0 Å². The molecule has 92 valence electrons. The zero-order valence-electron chi connectivity index (χ0n) is 10.9. The second-order valence-corrected chi connectivity index (χ2v) is 5.23. The smallest absolute Gasteiger partial charge is 0.150 e. The van der Waals surface area contributed by atoms with Gasteiger partial charge in [0.15, 0.2) is 5.82 Å². The molecule has 0 amide bonds. The van der Waals surface area contributed by atoms with Crippen LogP contribution < -0.4 is 11.1 Å². The van der Waals surface area contributed by atoms with E-state index in [1.54, 1.807) is 12.3 Å². The third-order valence-electron chi connectivity index (χ3n) is 3.38. The Bertz CT molecular complexity index is 430. The summed E-state index contributed by atoms with van der Waals surface area (Å²) in [6.07, 6.45) is 1.60. The molecular formula is C13H20N4. The molecule has 4 heteroatoms. The maximum absolute atomic E-state index is 8.87. The number of hydrogen-bond acceptors (Lipinski definition) is 4. The van der Waals surface area contributed by atoms with Crippen molar-refractivity contribution in [3.05, 3.63) is 17.8 Å². The van der Waals surface area contributed by atoms with E-state index in [0.29, 0.717) is 23.0 Å². The number of rotatable bonds is 4. The predicted octanol–water partition coefficient (Wildman–Crippen LogP) is 2.63. The molecule has 0 bridgehead atoms. The maximum atomic E-state index is 8.87. The first-order valence-electron chi connectivity index (χ1n) is 5.77. The molecule has 1 rings (SSSR count). The molecule has 17 heavy (non-hydrogen) atoms. The van der Waals surface area contributed by atoms with Gasteiger partial charge in [-0.15, -0.1) is 0 Å². The van der Waals surface area contributed by atoms with Crippen molar-refractivity contribution in [2.75, 3.05) is 17.6 Å². The topological polar surface area (TPSA) is 74.7 Å². The van der Waals surface area contributed by atoms with Crippen LogP contribution in [0.2, 0.25) is 0 Å². The van der Waals surface area contributed by atoms with Crippen molar-refractivity contribution in [3.63, 3.8) is 0 Å². The molecule has 1 aromatic heterocycles. The number of aromatic nitrogens is 1. The van der Waals surface area contributed by atoms with Crippen LogP contribution in [0.5, 0.6) is 0 Å². The van der Waals surface area contributed by atoms with E-state index in [1.165, 1.54) is 0 Å². The summed E-state index contributed by atoms with van der Waals surface area (Å²) in [5.41, 5.74) is 6.89. The fraction of sp³-hybridized carbons (Fsp3) is 0.538. The van der Waals surface area contributed by atoms with E-state index >= 15 is 0 Å². The first-order valence-corrected chi connectivity index (χ1v) is 5.77. The Hall–Kier alpha value is -1.76. The third kappa shape index (κ3) is 3.10. The summed E-state index contributed by atoms with van der Waals surface area (Å²) in [6, 6.07) is 3.67. The van der Waals surface area contributed by atoms with Crippen LogP contribution in [0.15, 0.2) is 12.3 Å². The minimum absolute atomic E-state index is 0.150. The second kappa shape index (κ2) is 5.05. The van der Waals surface area contributed by atoms with E-state index in [0.717, 1.165) is 6.54 Å². The molecule has 0 aromatic carbocycles. The number of anilines is 2. The SMILES string of the molecule is CC(C)C(C)(C)CNc1nccc(C#N)c1N. The van der Waals surface area contributed by atoms with Gasteiger partial charge in [-0.05, 0) is 17.4 Å². The first kappa shape index (κ1) is 13.3. The zero-order chi connectivity index (χ0) is 13.1. The van der Waals surface area contributed by atoms with Crippen LogP contribution in [-0.2, 0) is 0 Å². The predicted molar refractivity (Wildman–Crippen MR) is 70.5 cm³/mol. The molecular weight excluding hydrogens is 212 g/mol. The van der Waals surface area contributed by atoms with Gasteiger partial charge >= 0.3 is 0 Å². The lowest BCUT2D eigenvalue weighted by molar-refractivity contribution is 0.269. The Morgan fingerprint density at radius 1 is 1.53 bits per heavy atom. The standard InChI is InChI=1S/C13H20N4/c1-9(2)13(3,4)8-17-12-11(15)10(7-14)5-6-16-12/h5-6,9H,8,15H2,1-4H3,(H,16,17). The molecule has 0 aliphatic heterocycles. The Balaban J connectivity index is 2.81. The van der Waals surface area contributed by atoms with Gasteiger partial charge in [0, 0.05) is 12.7 Å². The summed E-state index contributed by atoms with van der Waals surface area (Å²) in [6.45, 7) is 9.52. The molecule has 0 unspecified atom stereocenters. The zero-order valence-corrected chi connectivity index (χ0v) is 10.9. The maximum Gasteiger partial charge on any atom is 0.150 e. The molecule has 1 aromatic rings. The molecule has 1 heterocycles. The normalized spacial score (nSPS) is 11.3. The van der Waals surface area contributed by atoms with Gasteiger partial charge in [0.1, 0.15) is 6.07 Å². The Morgan fingerprint density at radius 3 is 2.71 bits per heavy atom. The van der Waals surface area contributed by atoms with Crippen LogP contribution in [0, 0.1) is 22.7 Å². The van der Waals surface area contributed by atoms with E-state index < -0.39 is 0 Å². The summed E-state index contributed by atoms with van der Waals surface area (Å²) in [5, 5.41) is 12.1. The molecule has 3 N–H and O–H groups in total. The average Bonchev–Trinajstić information content (AvgIpc) is 2.27. The van der Waals surface area contributed by atoms with Gasteiger partial charge in [0.05, 0.1) is 11.3 Å². The molecule has 0 aliphatic rings. The largest absolute Gasteiger partial charge is 0.395 e. The van der Waals surface area contributed by atoms with E-state index in [9.17, 15) is 0 Å². The van der Waals surface area contributed by atoms with Crippen molar-refractivity contribution in [2.45, 2.75) is 27.7 Å². The fourth-order valence-corrected chi connectivity index (χ4v) is 1.23. The highest BCUT2D eigenvalue weighted by Gasteiger charge is 2.22. The van der Waals surface area contributed by atoms with Crippen molar-refractivity contribution in [1.29, 1.82) is 5.26 Å². The number of nitrogens with two attached hydrogens (primary N) is 1. The molecule has 0 fully saturated rings. The van der Waals surface area contributed by atoms with Crippen LogP contribution in [0.4, 0.5) is 11.5 Å². The van der Waals surface area contributed by atoms with Gasteiger partial charge < -0.3 is 11.1 Å². The monoisotopic (exact) mass is 232 g/mol. The van der Waals surface area contributed by atoms with E-state index in [-0.39, 0.29) is 5.41 Å². The lowest BCUT2D eigenvalue weighted by Crippen LogP contribution is -2.29. The summed E-state index contributed by atoms with van der Waals surface area (Å²) in [7, 11) is 0. The van der Waals surface area contributed by atoms with Crippen LogP contribution in [0.25, 0.3) is 0 Å². The summed E-state index contributed by atoms with van der Waals surface area (Å²) in [4.78, 5) is 4.16. The summed E-state index contributed by atoms with van der Waals surface area (Å²) < 4.78 is 0. The van der Waals surface area contributed by atoms with Crippen molar-refractivity contribution in [3.8, 4) is 6.07 Å². The van der Waals surface area contributed by atoms with Gasteiger partial charge in [-0.3, -0.25) is 0 Å². The number of pyridine rings is 1. The van der Waals surface area contributed by atoms with E-state index in [2.05, 4.69) is 44.1 Å². The van der Waals surface area contributed by atoms with Crippen molar-refractivity contribution >= 4 is 11.5 Å². The lowest BCUT2D eigenvalue weighted by Gasteiger charge is -2.29.